The van der Waals surface area contributed by atoms with Gasteiger partial charge in [0.2, 0.25) is 12.5 Å². The summed E-state index contributed by atoms with van der Waals surface area (Å²) in [7, 11) is 6.82. The zero-order valence-corrected chi connectivity index (χ0v) is 45.3. The number of likely N-dealkylation sites (N-methyl/N-ethyl adjacent to an activating group) is 2. The predicted octanol–water partition coefficient (Wildman–Crippen LogP) is 7.64. The predicted molar refractivity (Wildman–Crippen MR) is 280 cm³/mol. The van der Waals surface area contributed by atoms with E-state index >= 15 is 0 Å². The second-order valence-corrected chi connectivity index (χ2v) is 18.2. The van der Waals surface area contributed by atoms with Gasteiger partial charge in [0.1, 0.15) is 20.2 Å². The number of allylic oxidation sites excluding steroid dienone is 2. The smallest absolute Gasteiger partial charge is 0.415 e. The molecule has 3 aromatic rings. The SMILES string of the molecule is C=O.CC.CC1CC/C=C/CCC1.CO.COc1cc(C2c3cc4c(cc3C(OC3CC(O)CC(COCO)O3)C3COC(=O)C23)OCO4)cc(OC)c1OC(=O)N(C)CCN(C)C(=O)OCc1ccc(NC(=O)O)cc1. The van der Waals surface area contributed by atoms with Gasteiger partial charge in [-0.3, -0.25) is 10.1 Å². The third-order valence-electron chi connectivity index (χ3n) is 13.2. The summed E-state index contributed by atoms with van der Waals surface area (Å²) in [6.45, 7) is 8.05. The molecule has 0 spiro atoms. The minimum Gasteiger partial charge on any atom is -0.493 e. The molecular weight excluding hydrogens is 1010 g/mol. The Bertz CT molecular complexity index is 2340. The van der Waals surface area contributed by atoms with Crippen LogP contribution in [0.3, 0.4) is 0 Å². The molecule has 5 aliphatic rings. The lowest BCUT2D eigenvalue weighted by Gasteiger charge is -2.42. The Morgan fingerprint density at radius 3 is 2.09 bits per heavy atom. The minimum atomic E-state index is -1.19. The van der Waals surface area contributed by atoms with Crippen LogP contribution in [0.15, 0.2) is 60.7 Å². The summed E-state index contributed by atoms with van der Waals surface area (Å²) < 4.78 is 57.9. The van der Waals surface area contributed by atoms with E-state index in [1.54, 1.807) is 36.4 Å². The van der Waals surface area contributed by atoms with Crippen LogP contribution in [0.2, 0.25) is 0 Å². The number of nitrogens with one attached hydrogen (secondary N) is 1. The fourth-order valence-corrected chi connectivity index (χ4v) is 9.41. The molecule has 3 heterocycles. The second kappa shape index (κ2) is 32.1. The van der Waals surface area contributed by atoms with Crippen molar-refractivity contribution >= 4 is 36.7 Å². The molecule has 2 saturated heterocycles. The van der Waals surface area contributed by atoms with Crippen molar-refractivity contribution in [1.82, 2.24) is 9.80 Å². The first kappa shape index (κ1) is 62.8. The van der Waals surface area contributed by atoms with Crippen LogP contribution in [0.4, 0.5) is 20.1 Å². The Morgan fingerprint density at radius 1 is 0.844 bits per heavy atom. The van der Waals surface area contributed by atoms with Crippen LogP contribution in [0.5, 0.6) is 28.7 Å². The lowest BCUT2D eigenvalue weighted by Crippen LogP contribution is -2.43. The summed E-state index contributed by atoms with van der Waals surface area (Å²) >= 11 is 0. The van der Waals surface area contributed by atoms with E-state index in [4.69, 9.17) is 62.4 Å². The average molecular weight is 1080 g/mol. The number of aliphatic hydroxyl groups is 3. The van der Waals surface area contributed by atoms with Crippen molar-refractivity contribution in [2.45, 2.75) is 103 Å². The van der Waals surface area contributed by atoms with Crippen molar-refractivity contribution in [1.29, 1.82) is 0 Å². The molecule has 77 heavy (non-hydrogen) atoms. The number of fused-ring (bicyclic) bond motifs is 3. The van der Waals surface area contributed by atoms with E-state index in [0.29, 0.717) is 45.9 Å². The van der Waals surface area contributed by atoms with Gasteiger partial charge in [0.15, 0.2) is 29.3 Å². The fourth-order valence-electron chi connectivity index (χ4n) is 9.41. The van der Waals surface area contributed by atoms with Gasteiger partial charge in [0.05, 0.1) is 51.7 Å². The average Bonchev–Trinajstić information content (AvgIpc) is 4.18. The first-order chi connectivity index (χ1) is 37.3. The van der Waals surface area contributed by atoms with E-state index in [0.717, 1.165) is 13.0 Å². The molecule has 5 N–H and O–H groups in total. The number of cyclic esters (lactones) is 1. The van der Waals surface area contributed by atoms with Crippen molar-refractivity contribution < 1.29 is 91.8 Å². The number of carboxylic acid groups (broad SMARTS) is 1. The third kappa shape index (κ3) is 17.4. The lowest BCUT2D eigenvalue weighted by molar-refractivity contribution is -0.254. The molecule has 426 valence electrons. The lowest BCUT2D eigenvalue weighted by atomic mass is 9.66. The highest BCUT2D eigenvalue weighted by Gasteiger charge is 2.54. The number of anilines is 1. The maximum atomic E-state index is 13.8. The number of ether oxygens (including phenoxy) is 10. The molecule has 3 amide bonds. The van der Waals surface area contributed by atoms with Crippen LogP contribution in [-0.2, 0) is 39.9 Å². The quantitative estimate of drug-likeness (QED) is 0.0555. The number of carbonyl (C=O) groups excluding carboxylic acids is 4. The monoisotopic (exact) mass is 1080 g/mol. The number of methoxy groups -OCH3 is 2. The van der Waals surface area contributed by atoms with Gasteiger partial charge in [-0.2, -0.15) is 0 Å². The highest BCUT2D eigenvalue weighted by molar-refractivity contribution is 5.83. The Morgan fingerprint density at radius 2 is 1.47 bits per heavy atom. The van der Waals surface area contributed by atoms with E-state index in [2.05, 4.69) is 24.4 Å². The van der Waals surface area contributed by atoms with Crippen molar-refractivity contribution in [3.05, 3.63) is 82.9 Å². The molecule has 0 aromatic heterocycles. The molecule has 0 saturated carbocycles. The Labute approximate surface area is 450 Å². The minimum absolute atomic E-state index is 0.00370. The molecule has 8 unspecified atom stereocenters. The zero-order valence-electron chi connectivity index (χ0n) is 45.3. The molecule has 8 atom stereocenters. The molecular formula is C55H77N3O19. The number of carbonyl (C=O) groups is 5. The van der Waals surface area contributed by atoms with E-state index in [-0.39, 0.29) is 63.4 Å². The maximum absolute atomic E-state index is 13.8. The summed E-state index contributed by atoms with van der Waals surface area (Å²) in [6.07, 6.45) is 6.47. The van der Waals surface area contributed by atoms with Crippen molar-refractivity contribution in [2.24, 2.45) is 17.8 Å². The number of hydrogen-bond donors (Lipinski definition) is 5. The molecule has 3 aromatic carbocycles. The summed E-state index contributed by atoms with van der Waals surface area (Å²) in [6, 6.07) is 13.3. The van der Waals surface area contributed by atoms with Gasteiger partial charge in [-0.15, -0.1) is 0 Å². The van der Waals surface area contributed by atoms with Gasteiger partial charge in [-0.1, -0.05) is 51.5 Å². The van der Waals surface area contributed by atoms with Crippen LogP contribution in [0.1, 0.15) is 100.0 Å². The maximum Gasteiger partial charge on any atom is 0.415 e. The van der Waals surface area contributed by atoms with Crippen LogP contribution in [0, 0.1) is 17.8 Å². The summed E-state index contributed by atoms with van der Waals surface area (Å²) in [4.78, 5) is 61.3. The summed E-state index contributed by atoms with van der Waals surface area (Å²) in [5, 5.41) is 37.9. The molecule has 2 aliphatic carbocycles. The highest BCUT2D eigenvalue weighted by Crippen LogP contribution is 2.57. The van der Waals surface area contributed by atoms with Gasteiger partial charge in [-0.05, 0) is 90.3 Å². The number of benzene rings is 3. The zero-order chi connectivity index (χ0) is 56.6. The summed E-state index contributed by atoms with van der Waals surface area (Å²) in [5.74, 6) is -0.206. The van der Waals surface area contributed by atoms with Gasteiger partial charge in [0.25, 0.3) is 0 Å². The second-order valence-electron chi connectivity index (χ2n) is 18.2. The van der Waals surface area contributed by atoms with Gasteiger partial charge >= 0.3 is 24.2 Å². The standard InChI is InChI=1S/C42H49N3O17.C9H16.C2H6.CH4O.CH2O/c1-44(41(51)57-17-22-5-7-24(8-6-22)43-40(49)50)9-10-45(2)42(52)62-38-32(53-3)11-23(12-33(38)54-4)35-27-15-30-31(59-21-58-30)16-28(27)37(29-19-56-39(48)36(29)35)61-34-14-25(47)13-26(60-34)18-55-20-46;1-9-7-5-3-2-4-6-8-9;3*1-2/h5-8,11-12,15-16,25-26,29,34-37,43,46-47H,9-10,13-14,17-21H2,1-4H3,(H,49,50);2-3,9H,4-8H2,1H3;1-2H3;2H,1H3;1H2/b;3-2+;;;. The van der Waals surface area contributed by atoms with Crippen molar-refractivity contribution in [3.63, 3.8) is 0 Å². The third-order valence-corrected chi connectivity index (χ3v) is 13.2. The van der Waals surface area contributed by atoms with Gasteiger partial charge < -0.3 is 82.4 Å². The molecule has 3 aliphatic heterocycles. The number of hydrogen-bond acceptors (Lipinski definition) is 18. The van der Waals surface area contributed by atoms with Gasteiger partial charge in [0, 0.05) is 64.7 Å². The Balaban J connectivity index is 0.000000753. The molecule has 22 nitrogen and oxygen atoms in total. The molecule has 8 rings (SSSR count). The number of amides is 3. The van der Waals surface area contributed by atoms with Crippen LogP contribution in [0.25, 0.3) is 0 Å². The Kier molecular flexibility index (Phi) is 26.2. The Hall–Kier alpha value is -6.69. The number of rotatable bonds is 15. The number of nitrogens with zero attached hydrogens (tertiary/aromatic N) is 2. The van der Waals surface area contributed by atoms with Crippen molar-refractivity contribution in [2.75, 3.05) is 80.6 Å². The van der Waals surface area contributed by atoms with E-state index in [1.165, 1.54) is 70.2 Å². The van der Waals surface area contributed by atoms with Gasteiger partial charge in [-0.25, -0.2) is 14.4 Å². The molecule has 22 heteroatoms. The van der Waals surface area contributed by atoms with Crippen LogP contribution in [-0.4, -0.2) is 155 Å². The topological polar surface area (TPSA) is 277 Å². The molecule has 2 fully saturated rings. The van der Waals surface area contributed by atoms with Crippen molar-refractivity contribution in [3.8, 4) is 28.7 Å². The van der Waals surface area contributed by atoms with E-state index in [9.17, 15) is 29.4 Å². The molecule has 0 radical (unpaired) electrons. The first-order valence-corrected chi connectivity index (χ1v) is 25.6. The normalized spacial score (nSPS) is 22.8. The highest BCUT2D eigenvalue weighted by atomic mass is 16.7. The molecule has 0 bridgehead atoms. The first-order valence-electron chi connectivity index (χ1n) is 25.6. The van der Waals surface area contributed by atoms with Crippen LogP contribution < -0.4 is 29.0 Å². The number of aliphatic hydroxyl groups excluding tert-OH is 3. The van der Waals surface area contributed by atoms with Crippen LogP contribution >= 0.6 is 0 Å². The number of esters is 1. The van der Waals surface area contributed by atoms with E-state index in [1.807, 2.05) is 32.8 Å². The van der Waals surface area contributed by atoms with E-state index < -0.39 is 73.4 Å². The fraction of sp³-hybridized carbons (Fsp3) is 0.545. The largest absolute Gasteiger partial charge is 0.493 e. The summed E-state index contributed by atoms with van der Waals surface area (Å²) in [5.41, 5.74) is 2.97.